The molecule has 1 heterocycles. The molecule has 0 radical (unpaired) electrons. The topological polar surface area (TPSA) is 32.8 Å². The second kappa shape index (κ2) is 7.63. The summed E-state index contributed by atoms with van der Waals surface area (Å²) in [6.45, 7) is 6.63. The van der Waals surface area contributed by atoms with Gasteiger partial charge in [-0.25, -0.2) is 0 Å². The maximum Gasteiger partial charge on any atom is 0.236 e. The largest absolute Gasteiger partial charge is 0.378 e. The van der Waals surface area contributed by atoms with Crippen molar-refractivity contribution in [1.82, 2.24) is 9.80 Å². The molecule has 1 fully saturated rings. The van der Waals surface area contributed by atoms with Crippen LogP contribution in [0.25, 0.3) is 0 Å². The quantitative estimate of drug-likeness (QED) is 0.635. The number of carbonyl (C=O) groups excluding carboxylic acids is 1. The third-order valence-electron chi connectivity index (χ3n) is 2.91. The lowest BCUT2D eigenvalue weighted by molar-refractivity contribution is -0.136. The van der Waals surface area contributed by atoms with Crippen LogP contribution < -0.4 is 0 Å². The van der Waals surface area contributed by atoms with E-state index in [1.807, 2.05) is 11.9 Å². The molecule has 0 aromatic heterocycles. The molecular formula is C12H24N2O2. The zero-order valence-corrected chi connectivity index (χ0v) is 10.6. The molecule has 0 spiro atoms. The molecule has 1 saturated heterocycles. The summed E-state index contributed by atoms with van der Waals surface area (Å²) in [5, 5.41) is 0. The molecule has 0 saturated carbocycles. The molecule has 0 N–H and O–H groups in total. The summed E-state index contributed by atoms with van der Waals surface area (Å²) in [7, 11) is 2.02. The molecular weight excluding hydrogens is 204 g/mol. The van der Waals surface area contributed by atoms with Gasteiger partial charge >= 0.3 is 0 Å². The molecule has 1 amide bonds. The minimum atomic E-state index is 0.238. The van der Waals surface area contributed by atoms with Gasteiger partial charge in [0.15, 0.2) is 0 Å². The first-order chi connectivity index (χ1) is 7.74. The van der Waals surface area contributed by atoms with Gasteiger partial charge in [-0.1, -0.05) is 19.8 Å². The van der Waals surface area contributed by atoms with Gasteiger partial charge in [0.1, 0.15) is 0 Å². The van der Waals surface area contributed by atoms with E-state index < -0.39 is 0 Å². The Labute approximate surface area is 98.5 Å². The van der Waals surface area contributed by atoms with E-state index in [1.165, 1.54) is 19.3 Å². The Morgan fingerprint density at radius 3 is 2.62 bits per heavy atom. The van der Waals surface area contributed by atoms with Gasteiger partial charge in [-0.3, -0.25) is 9.69 Å². The summed E-state index contributed by atoms with van der Waals surface area (Å²) in [5.41, 5.74) is 0. The summed E-state index contributed by atoms with van der Waals surface area (Å²) in [6.07, 6.45) is 3.66. The average Bonchev–Trinajstić information content (AvgIpc) is 2.30. The fourth-order valence-electron chi connectivity index (χ4n) is 1.85. The van der Waals surface area contributed by atoms with Crippen molar-refractivity contribution in [1.29, 1.82) is 0 Å². The molecule has 1 aliphatic heterocycles. The molecule has 94 valence electrons. The summed E-state index contributed by atoms with van der Waals surface area (Å²) >= 11 is 0. The standard InChI is InChI=1S/C12H24N2O2/c1-3-4-5-6-13(2)11-12(15)14-7-9-16-10-8-14/h3-11H2,1-2H3. The van der Waals surface area contributed by atoms with Gasteiger partial charge in [0, 0.05) is 13.1 Å². The Morgan fingerprint density at radius 2 is 2.00 bits per heavy atom. The monoisotopic (exact) mass is 228 g/mol. The lowest BCUT2D eigenvalue weighted by atomic mass is 10.2. The highest BCUT2D eigenvalue weighted by molar-refractivity contribution is 5.78. The Morgan fingerprint density at radius 1 is 1.31 bits per heavy atom. The number of amides is 1. The van der Waals surface area contributed by atoms with Crippen molar-refractivity contribution in [3.63, 3.8) is 0 Å². The molecule has 4 heteroatoms. The first-order valence-electron chi connectivity index (χ1n) is 6.28. The maximum absolute atomic E-state index is 11.9. The molecule has 1 aliphatic rings. The van der Waals surface area contributed by atoms with Gasteiger partial charge in [-0.05, 0) is 20.0 Å². The van der Waals surface area contributed by atoms with Gasteiger partial charge in [0.25, 0.3) is 0 Å². The van der Waals surface area contributed by atoms with Crippen molar-refractivity contribution in [2.24, 2.45) is 0 Å². The van der Waals surface area contributed by atoms with Crippen LogP contribution in [0.1, 0.15) is 26.2 Å². The Kier molecular flexibility index (Phi) is 6.42. The number of rotatable bonds is 6. The fourth-order valence-corrected chi connectivity index (χ4v) is 1.85. The second-order valence-electron chi connectivity index (χ2n) is 4.44. The summed E-state index contributed by atoms with van der Waals surface area (Å²) < 4.78 is 5.23. The smallest absolute Gasteiger partial charge is 0.236 e. The minimum absolute atomic E-state index is 0.238. The van der Waals surface area contributed by atoms with Gasteiger partial charge in [-0.15, -0.1) is 0 Å². The van der Waals surface area contributed by atoms with Crippen molar-refractivity contribution < 1.29 is 9.53 Å². The Bertz CT molecular complexity index is 203. The fraction of sp³-hybridized carbons (Fsp3) is 0.917. The molecule has 0 bridgehead atoms. The van der Waals surface area contributed by atoms with E-state index in [4.69, 9.17) is 4.74 Å². The first-order valence-corrected chi connectivity index (χ1v) is 6.28. The number of morpholine rings is 1. The van der Waals surface area contributed by atoms with Gasteiger partial charge in [0.05, 0.1) is 19.8 Å². The third kappa shape index (κ3) is 4.94. The van der Waals surface area contributed by atoms with Crippen molar-refractivity contribution in [2.45, 2.75) is 26.2 Å². The highest BCUT2D eigenvalue weighted by Gasteiger charge is 2.17. The summed E-state index contributed by atoms with van der Waals surface area (Å²) in [4.78, 5) is 15.9. The zero-order chi connectivity index (χ0) is 11.8. The number of nitrogens with zero attached hydrogens (tertiary/aromatic N) is 2. The number of hydrogen-bond donors (Lipinski definition) is 0. The number of ether oxygens (including phenoxy) is 1. The van der Waals surface area contributed by atoms with Crippen LogP contribution in [0.2, 0.25) is 0 Å². The summed E-state index contributed by atoms with van der Waals surface area (Å²) in [6, 6.07) is 0. The van der Waals surface area contributed by atoms with Crippen LogP contribution in [0.3, 0.4) is 0 Å². The number of likely N-dealkylation sites (N-methyl/N-ethyl adjacent to an activating group) is 1. The Balaban J connectivity index is 2.16. The third-order valence-corrected chi connectivity index (χ3v) is 2.91. The van der Waals surface area contributed by atoms with Crippen LogP contribution in [-0.2, 0) is 9.53 Å². The number of carbonyl (C=O) groups is 1. The van der Waals surface area contributed by atoms with Crippen LogP contribution in [-0.4, -0.2) is 62.1 Å². The first kappa shape index (κ1) is 13.5. The molecule has 0 aromatic rings. The lowest BCUT2D eigenvalue weighted by Gasteiger charge is -2.28. The minimum Gasteiger partial charge on any atom is -0.378 e. The van der Waals surface area contributed by atoms with E-state index in [0.29, 0.717) is 19.8 Å². The second-order valence-corrected chi connectivity index (χ2v) is 4.44. The van der Waals surface area contributed by atoms with Crippen molar-refractivity contribution >= 4 is 5.91 Å². The van der Waals surface area contributed by atoms with Crippen molar-refractivity contribution in [3.8, 4) is 0 Å². The van der Waals surface area contributed by atoms with E-state index in [1.54, 1.807) is 0 Å². The molecule has 1 rings (SSSR count). The van der Waals surface area contributed by atoms with Crippen LogP contribution in [0.15, 0.2) is 0 Å². The molecule has 4 nitrogen and oxygen atoms in total. The predicted molar refractivity (Wildman–Crippen MR) is 64.4 cm³/mol. The average molecular weight is 228 g/mol. The molecule has 0 atom stereocenters. The van der Waals surface area contributed by atoms with Crippen LogP contribution >= 0.6 is 0 Å². The van der Waals surface area contributed by atoms with Gasteiger partial charge < -0.3 is 9.64 Å². The summed E-state index contributed by atoms with van der Waals surface area (Å²) in [5.74, 6) is 0.238. The highest BCUT2D eigenvalue weighted by Crippen LogP contribution is 2.00. The molecule has 16 heavy (non-hydrogen) atoms. The normalized spacial score (nSPS) is 16.8. The van der Waals surface area contributed by atoms with E-state index in [2.05, 4.69) is 11.8 Å². The lowest BCUT2D eigenvalue weighted by Crippen LogP contribution is -2.45. The molecule has 0 aromatic carbocycles. The van der Waals surface area contributed by atoms with Crippen LogP contribution in [0.4, 0.5) is 0 Å². The molecule has 0 aliphatic carbocycles. The molecule has 0 unspecified atom stereocenters. The van der Waals surface area contributed by atoms with E-state index in [0.717, 1.165) is 19.6 Å². The van der Waals surface area contributed by atoms with Crippen LogP contribution in [0, 0.1) is 0 Å². The maximum atomic E-state index is 11.9. The SMILES string of the molecule is CCCCCN(C)CC(=O)N1CCOCC1. The van der Waals surface area contributed by atoms with Crippen molar-refractivity contribution in [3.05, 3.63) is 0 Å². The van der Waals surface area contributed by atoms with Gasteiger partial charge in [-0.2, -0.15) is 0 Å². The van der Waals surface area contributed by atoms with E-state index >= 15 is 0 Å². The van der Waals surface area contributed by atoms with E-state index in [-0.39, 0.29) is 5.91 Å². The van der Waals surface area contributed by atoms with Crippen LogP contribution in [0.5, 0.6) is 0 Å². The van der Waals surface area contributed by atoms with Gasteiger partial charge in [0.2, 0.25) is 5.91 Å². The predicted octanol–water partition coefficient (Wildman–Crippen LogP) is 0.967. The zero-order valence-electron chi connectivity index (χ0n) is 10.6. The highest BCUT2D eigenvalue weighted by atomic mass is 16.5. The van der Waals surface area contributed by atoms with Crippen molar-refractivity contribution in [2.75, 3.05) is 46.4 Å². The number of hydrogen-bond acceptors (Lipinski definition) is 3. The van der Waals surface area contributed by atoms with E-state index in [9.17, 15) is 4.79 Å². The number of unbranched alkanes of at least 4 members (excludes halogenated alkanes) is 2. The Hall–Kier alpha value is -0.610.